The maximum Gasteiger partial charge on any atom is 0.310 e. The van der Waals surface area contributed by atoms with Gasteiger partial charge in [-0.05, 0) is 18.5 Å². The number of nitrogens with zero attached hydrogens (tertiary/aromatic N) is 3. The summed E-state index contributed by atoms with van der Waals surface area (Å²) in [4.78, 5) is 14.0. The zero-order valence-electron chi connectivity index (χ0n) is 11.4. The number of rotatable bonds is 5. The summed E-state index contributed by atoms with van der Waals surface area (Å²) in [6, 6.07) is 3.65. The Morgan fingerprint density at radius 2 is 2.38 bits per heavy atom. The number of likely N-dealkylation sites (N-methyl/N-ethyl adjacent to an activating group) is 1. The van der Waals surface area contributed by atoms with E-state index in [1.165, 1.54) is 11.3 Å². The molecule has 2 unspecified atom stereocenters. The van der Waals surface area contributed by atoms with Crippen LogP contribution in [-0.2, 0) is 16.1 Å². The van der Waals surface area contributed by atoms with E-state index in [-0.39, 0.29) is 12.6 Å². The summed E-state index contributed by atoms with van der Waals surface area (Å²) < 4.78 is 10.9. The Morgan fingerprint density at radius 3 is 3.10 bits per heavy atom. The van der Waals surface area contributed by atoms with Crippen LogP contribution < -0.4 is 0 Å². The van der Waals surface area contributed by atoms with Gasteiger partial charge in [-0.2, -0.15) is 0 Å². The number of hydrogen-bond donors (Lipinski definition) is 1. The van der Waals surface area contributed by atoms with Crippen LogP contribution in [0.2, 0.25) is 0 Å². The van der Waals surface area contributed by atoms with Crippen molar-refractivity contribution in [2.75, 3.05) is 20.3 Å². The average Bonchev–Trinajstić information content (AvgIpc) is 3.19. The van der Waals surface area contributed by atoms with Crippen molar-refractivity contribution in [3.8, 4) is 10.8 Å². The summed E-state index contributed by atoms with van der Waals surface area (Å²) in [5, 5.41) is 19.1. The second-order valence-corrected chi connectivity index (χ2v) is 5.89. The molecular weight excluding hydrogens is 294 g/mol. The van der Waals surface area contributed by atoms with E-state index >= 15 is 0 Å². The van der Waals surface area contributed by atoms with E-state index in [1.807, 2.05) is 29.5 Å². The molecule has 1 aliphatic heterocycles. The van der Waals surface area contributed by atoms with Crippen LogP contribution >= 0.6 is 11.3 Å². The van der Waals surface area contributed by atoms with Gasteiger partial charge in [0.25, 0.3) is 5.89 Å². The van der Waals surface area contributed by atoms with E-state index in [0.717, 1.165) is 4.88 Å². The molecule has 0 aliphatic carbocycles. The van der Waals surface area contributed by atoms with Crippen LogP contribution in [0.4, 0.5) is 0 Å². The molecule has 112 valence electrons. The Morgan fingerprint density at radius 1 is 1.52 bits per heavy atom. The second-order valence-electron chi connectivity index (χ2n) is 4.94. The van der Waals surface area contributed by atoms with Crippen molar-refractivity contribution in [3.05, 3.63) is 23.4 Å². The lowest BCUT2D eigenvalue weighted by Crippen LogP contribution is -2.40. The molecule has 21 heavy (non-hydrogen) atoms. The smallest absolute Gasteiger partial charge is 0.310 e. The SMILES string of the molecule is CN(Cc1nnc(-c2cccs2)o1)C1COCC1C(=O)O. The fraction of sp³-hybridized carbons (Fsp3) is 0.462. The molecule has 0 spiro atoms. The van der Waals surface area contributed by atoms with E-state index < -0.39 is 11.9 Å². The molecule has 0 saturated carbocycles. The van der Waals surface area contributed by atoms with Crippen LogP contribution in [0.15, 0.2) is 21.9 Å². The molecular formula is C13H15N3O4S. The monoisotopic (exact) mass is 309 g/mol. The van der Waals surface area contributed by atoms with Gasteiger partial charge in [0.05, 0.1) is 30.6 Å². The topological polar surface area (TPSA) is 88.7 Å². The zero-order valence-corrected chi connectivity index (χ0v) is 12.2. The van der Waals surface area contributed by atoms with Gasteiger partial charge in [-0.1, -0.05) is 6.07 Å². The molecule has 3 rings (SSSR count). The number of carboxylic acid groups (broad SMARTS) is 1. The molecule has 2 atom stereocenters. The van der Waals surface area contributed by atoms with Crippen molar-refractivity contribution in [1.29, 1.82) is 0 Å². The maximum atomic E-state index is 11.2. The van der Waals surface area contributed by atoms with Gasteiger partial charge in [0.2, 0.25) is 5.89 Å². The predicted molar refractivity (Wildman–Crippen MR) is 74.8 cm³/mol. The van der Waals surface area contributed by atoms with Gasteiger partial charge in [0.1, 0.15) is 0 Å². The maximum absolute atomic E-state index is 11.2. The van der Waals surface area contributed by atoms with E-state index in [4.69, 9.17) is 9.15 Å². The first-order chi connectivity index (χ1) is 10.1. The van der Waals surface area contributed by atoms with E-state index in [9.17, 15) is 9.90 Å². The Bertz CT molecular complexity index is 613. The third kappa shape index (κ3) is 2.97. The molecule has 1 fully saturated rings. The van der Waals surface area contributed by atoms with Crippen molar-refractivity contribution in [3.63, 3.8) is 0 Å². The Hall–Kier alpha value is -1.77. The summed E-state index contributed by atoms with van der Waals surface area (Å²) in [6.45, 7) is 1.05. The van der Waals surface area contributed by atoms with Gasteiger partial charge < -0.3 is 14.3 Å². The first-order valence-corrected chi connectivity index (χ1v) is 7.40. The highest BCUT2D eigenvalue weighted by Crippen LogP contribution is 2.24. The van der Waals surface area contributed by atoms with Crippen molar-refractivity contribution >= 4 is 17.3 Å². The molecule has 1 aliphatic rings. The summed E-state index contributed by atoms with van der Waals surface area (Å²) in [7, 11) is 1.84. The number of thiophene rings is 1. The van der Waals surface area contributed by atoms with Gasteiger partial charge in [-0.25, -0.2) is 0 Å². The number of carbonyl (C=O) groups is 1. The number of hydrogen-bond acceptors (Lipinski definition) is 7. The van der Waals surface area contributed by atoms with Gasteiger partial charge in [0, 0.05) is 6.04 Å². The van der Waals surface area contributed by atoms with Gasteiger partial charge >= 0.3 is 5.97 Å². The standard InChI is InChI=1S/C13H15N3O4S/c1-16(9-7-19-6-8(9)13(17)18)5-11-14-15-12(20-11)10-3-2-4-21-10/h2-4,8-9H,5-7H2,1H3,(H,17,18). The summed E-state index contributed by atoms with van der Waals surface area (Å²) in [5.41, 5.74) is 0. The molecule has 0 aromatic carbocycles. The minimum absolute atomic E-state index is 0.181. The van der Waals surface area contributed by atoms with Crippen LogP contribution in [-0.4, -0.2) is 52.5 Å². The number of aromatic nitrogens is 2. The highest BCUT2D eigenvalue weighted by atomic mass is 32.1. The molecule has 3 heterocycles. The highest BCUT2D eigenvalue weighted by Gasteiger charge is 2.37. The van der Waals surface area contributed by atoms with Crippen LogP contribution in [0, 0.1) is 5.92 Å². The van der Waals surface area contributed by atoms with E-state index in [0.29, 0.717) is 24.9 Å². The van der Waals surface area contributed by atoms with E-state index in [2.05, 4.69) is 10.2 Å². The molecule has 2 aromatic heterocycles. The van der Waals surface area contributed by atoms with Crippen molar-refractivity contribution in [2.45, 2.75) is 12.6 Å². The zero-order chi connectivity index (χ0) is 14.8. The summed E-state index contributed by atoms with van der Waals surface area (Å²) >= 11 is 1.53. The highest BCUT2D eigenvalue weighted by molar-refractivity contribution is 7.13. The lowest BCUT2D eigenvalue weighted by molar-refractivity contribution is -0.143. The molecule has 7 nitrogen and oxygen atoms in total. The first kappa shape index (κ1) is 14.2. The van der Waals surface area contributed by atoms with Crippen LogP contribution in [0.5, 0.6) is 0 Å². The van der Waals surface area contributed by atoms with Gasteiger partial charge in [-0.15, -0.1) is 21.5 Å². The summed E-state index contributed by atoms with van der Waals surface area (Å²) in [5.74, 6) is -0.397. The fourth-order valence-electron chi connectivity index (χ4n) is 2.36. The number of ether oxygens (including phenoxy) is 1. The lowest BCUT2D eigenvalue weighted by Gasteiger charge is -2.24. The molecule has 1 N–H and O–H groups in total. The lowest BCUT2D eigenvalue weighted by atomic mass is 10.0. The van der Waals surface area contributed by atoms with Crippen molar-refractivity contribution in [2.24, 2.45) is 5.92 Å². The Kier molecular flexibility index (Phi) is 4.00. The minimum Gasteiger partial charge on any atom is -0.481 e. The van der Waals surface area contributed by atoms with Gasteiger partial charge in [-0.3, -0.25) is 9.69 Å². The van der Waals surface area contributed by atoms with E-state index in [1.54, 1.807) is 0 Å². The molecule has 0 radical (unpaired) electrons. The van der Waals surface area contributed by atoms with Crippen LogP contribution in [0.3, 0.4) is 0 Å². The molecule has 2 aromatic rings. The predicted octanol–water partition coefficient (Wildman–Crippen LogP) is 1.33. The second kappa shape index (κ2) is 5.92. The first-order valence-electron chi connectivity index (χ1n) is 6.52. The molecule has 0 amide bonds. The van der Waals surface area contributed by atoms with Crippen LogP contribution in [0.25, 0.3) is 10.8 Å². The van der Waals surface area contributed by atoms with Crippen LogP contribution in [0.1, 0.15) is 5.89 Å². The van der Waals surface area contributed by atoms with Crippen molar-refractivity contribution in [1.82, 2.24) is 15.1 Å². The molecule has 0 bridgehead atoms. The quantitative estimate of drug-likeness (QED) is 0.891. The minimum atomic E-state index is -0.839. The van der Waals surface area contributed by atoms with Gasteiger partial charge in [0.15, 0.2) is 0 Å². The van der Waals surface area contributed by atoms with Crippen molar-refractivity contribution < 1.29 is 19.1 Å². The number of aliphatic carboxylic acids is 1. The fourth-order valence-corrected chi connectivity index (χ4v) is 3.01. The largest absolute Gasteiger partial charge is 0.481 e. The summed E-state index contributed by atoms with van der Waals surface area (Å²) in [6.07, 6.45) is 0. The average molecular weight is 309 g/mol. The Balaban J connectivity index is 1.67. The number of carboxylic acids is 1. The Labute approximate surface area is 125 Å². The third-order valence-corrected chi connectivity index (χ3v) is 4.38. The molecule has 8 heteroatoms. The molecule has 1 saturated heterocycles. The normalized spacial score (nSPS) is 22.0. The third-order valence-electron chi connectivity index (χ3n) is 3.52.